The molecular formula is C21H25N3O3. The molecule has 142 valence electrons. The van der Waals surface area contributed by atoms with Gasteiger partial charge >= 0.3 is 0 Å². The summed E-state index contributed by atoms with van der Waals surface area (Å²) in [6.07, 6.45) is 0.445. The Morgan fingerprint density at radius 3 is 2.67 bits per heavy atom. The largest absolute Gasteiger partial charge is 0.361 e. The van der Waals surface area contributed by atoms with E-state index in [1.165, 1.54) is 0 Å². The number of carbonyl (C=O) groups excluding carboxylic acids is 1. The third-order valence-electron chi connectivity index (χ3n) is 4.56. The summed E-state index contributed by atoms with van der Waals surface area (Å²) in [6, 6.07) is 7.82. The molecule has 2 aromatic heterocycles. The zero-order valence-corrected chi connectivity index (χ0v) is 16.4. The van der Waals surface area contributed by atoms with Gasteiger partial charge in [0.05, 0.1) is 0 Å². The first-order valence-corrected chi connectivity index (χ1v) is 9.04. The number of hydrogen-bond acceptors (Lipinski definition) is 4. The van der Waals surface area contributed by atoms with E-state index in [2.05, 4.69) is 15.5 Å². The van der Waals surface area contributed by atoms with Crippen LogP contribution in [0.2, 0.25) is 0 Å². The molecule has 0 fully saturated rings. The number of aryl methyl sites for hydroxylation is 2. The monoisotopic (exact) mass is 367 g/mol. The van der Waals surface area contributed by atoms with Crippen LogP contribution in [-0.2, 0) is 11.8 Å². The highest BCUT2D eigenvalue weighted by Gasteiger charge is 2.28. The number of nitrogens with zero attached hydrogens (tertiary/aromatic N) is 1. The predicted molar refractivity (Wildman–Crippen MR) is 105 cm³/mol. The fourth-order valence-corrected chi connectivity index (χ4v) is 3.10. The van der Waals surface area contributed by atoms with Gasteiger partial charge < -0.3 is 14.8 Å². The number of pyridine rings is 1. The van der Waals surface area contributed by atoms with Crippen molar-refractivity contribution in [2.24, 2.45) is 0 Å². The minimum absolute atomic E-state index is 0.126. The van der Waals surface area contributed by atoms with Crippen LogP contribution in [0, 0.1) is 13.8 Å². The lowest BCUT2D eigenvalue weighted by Crippen LogP contribution is -2.30. The van der Waals surface area contributed by atoms with Gasteiger partial charge in [0, 0.05) is 23.0 Å². The molecule has 27 heavy (non-hydrogen) atoms. The van der Waals surface area contributed by atoms with Crippen molar-refractivity contribution in [3.63, 3.8) is 0 Å². The summed E-state index contributed by atoms with van der Waals surface area (Å²) in [6.45, 7) is 10.0. The molecule has 2 N–H and O–H groups in total. The van der Waals surface area contributed by atoms with Crippen molar-refractivity contribution in [1.29, 1.82) is 0 Å². The molecule has 1 aromatic carbocycles. The molecule has 0 bridgehead atoms. The van der Waals surface area contributed by atoms with Crippen LogP contribution in [0.25, 0.3) is 10.9 Å². The van der Waals surface area contributed by atoms with Crippen LogP contribution >= 0.6 is 0 Å². The number of rotatable bonds is 4. The number of H-pyrrole nitrogens is 1. The minimum Gasteiger partial charge on any atom is -0.361 e. The van der Waals surface area contributed by atoms with E-state index in [1.807, 2.05) is 52.0 Å². The zero-order valence-electron chi connectivity index (χ0n) is 16.4. The highest BCUT2D eigenvalue weighted by molar-refractivity contribution is 5.96. The lowest BCUT2D eigenvalue weighted by molar-refractivity contribution is 0.0950. The molecule has 0 aliphatic heterocycles. The Kier molecular flexibility index (Phi) is 4.91. The van der Waals surface area contributed by atoms with Crippen LogP contribution < -0.4 is 10.9 Å². The van der Waals surface area contributed by atoms with E-state index < -0.39 is 0 Å². The Balaban J connectivity index is 1.74. The summed E-state index contributed by atoms with van der Waals surface area (Å²) < 4.78 is 5.22. The Labute approximate surface area is 158 Å². The molecule has 0 spiro atoms. The van der Waals surface area contributed by atoms with Crippen LogP contribution in [0.3, 0.4) is 0 Å². The fourth-order valence-electron chi connectivity index (χ4n) is 3.10. The van der Waals surface area contributed by atoms with E-state index in [9.17, 15) is 9.59 Å². The fraction of sp³-hybridized carbons (Fsp3) is 0.381. The van der Waals surface area contributed by atoms with Crippen molar-refractivity contribution < 1.29 is 9.32 Å². The summed E-state index contributed by atoms with van der Waals surface area (Å²) >= 11 is 0. The van der Waals surface area contributed by atoms with Gasteiger partial charge in [0.1, 0.15) is 17.0 Å². The van der Waals surface area contributed by atoms with E-state index >= 15 is 0 Å². The number of fused-ring (bicyclic) bond motifs is 1. The summed E-state index contributed by atoms with van der Waals surface area (Å²) in [4.78, 5) is 27.8. The Morgan fingerprint density at radius 1 is 1.22 bits per heavy atom. The SMILES string of the molecule is Cc1ccc2cc(CCNC(=O)c3c(C(C)(C)C)noc3C)c(=O)[nH]c2c1. The van der Waals surface area contributed by atoms with Crippen molar-refractivity contribution in [3.8, 4) is 0 Å². The molecule has 1 amide bonds. The van der Waals surface area contributed by atoms with Crippen molar-refractivity contribution in [1.82, 2.24) is 15.5 Å². The highest BCUT2D eigenvalue weighted by Crippen LogP contribution is 2.26. The van der Waals surface area contributed by atoms with Crippen LogP contribution in [0.15, 0.2) is 33.6 Å². The third kappa shape index (κ3) is 3.94. The number of benzene rings is 1. The molecule has 3 aromatic rings. The lowest BCUT2D eigenvalue weighted by atomic mass is 9.88. The number of aromatic nitrogens is 2. The summed E-state index contributed by atoms with van der Waals surface area (Å²) in [5, 5.41) is 7.90. The van der Waals surface area contributed by atoms with E-state index in [4.69, 9.17) is 4.52 Å². The Morgan fingerprint density at radius 2 is 1.96 bits per heavy atom. The third-order valence-corrected chi connectivity index (χ3v) is 4.56. The average Bonchev–Trinajstić information content (AvgIpc) is 2.97. The van der Waals surface area contributed by atoms with E-state index in [-0.39, 0.29) is 16.9 Å². The number of nitrogens with one attached hydrogen (secondary N) is 2. The van der Waals surface area contributed by atoms with Gasteiger partial charge in [-0.05, 0) is 43.4 Å². The summed E-state index contributed by atoms with van der Waals surface area (Å²) in [7, 11) is 0. The predicted octanol–water partition coefficient (Wildman–Crippen LogP) is 3.40. The maximum absolute atomic E-state index is 12.6. The molecule has 0 unspecified atom stereocenters. The number of carbonyl (C=O) groups is 1. The molecule has 0 radical (unpaired) electrons. The van der Waals surface area contributed by atoms with Crippen LogP contribution in [-0.4, -0.2) is 22.6 Å². The Bertz CT molecular complexity index is 1050. The van der Waals surface area contributed by atoms with Crippen molar-refractivity contribution in [2.75, 3.05) is 6.54 Å². The first kappa shape index (κ1) is 18.9. The molecule has 6 nitrogen and oxygen atoms in total. The maximum atomic E-state index is 12.6. The smallest absolute Gasteiger partial charge is 0.256 e. The molecule has 0 saturated carbocycles. The van der Waals surface area contributed by atoms with E-state index in [1.54, 1.807) is 6.92 Å². The van der Waals surface area contributed by atoms with Gasteiger partial charge in [-0.1, -0.05) is 38.1 Å². The maximum Gasteiger partial charge on any atom is 0.256 e. The summed E-state index contributed by atoms with van der Waals surface area (Å²) in [5.74, 6) is 0.267. The first-order valence-electron chi connectivity index (χ1n) is 9.04. The normalized spacial score (nSPS) is 11.7. The lowest BCUT2D eigenvalue weighted by Gasteiger charge is -2.16. The number of aromatic amines is 1. The molecule has 0 aliphatic rings. The standard InChI is InChI=1S/C21H25N3O3/c1-12-6-7-14-11-15(19(25)23-16(14)10-12)8-9-22-20(26)17-13(2)27-24-18(17)21(3,4)5/h6-7,10-11H,8-9H2,1-5H3,(H,22,26)(H,23,25). The van der Waals surface area contributed by atoms with E-state index in [0.717, 1.165) is 16.5 Å². The molecule has 2 heterocycles. The quantitative estimate of drug-likeness (QED) is 0.740. The topological polar surface area (TPSA) is 88.0 Å². The van der Waals surface area contributed by atoms with Gasteiger partial charge in [-0.15, -0.1) is 0 Å². The van der Waals surface area contributed by atoms with Gasteiger partial charge in [-0.25, -0.2) is 0 Å². The summed E-state index contributed by atoms with van der Waals surface area (Å²) in [5.41, 5.74) is 3.25. The van der Waals surface area contributed by atoms with Gasteiger partial charge in [0.15, 0.2) is 0 Å². The second-order valence-corrected chi connectivity index (χ2v) is 7.93. The first-order chi connectivity index (χ1) is 12.7. The molecule has 3 rings (SSSR count). The molecule has 0 atom stereocenters. The second-order valence-electron chi connectivity index (χ2n) is 7.93. The van der Waals surface area contributed by atoms with Gasteiger partial charge in [0.2, 0.25) is 0 Å². The second kappa shape index (κ2) is 7.02. The zero-order chi connectivity index (χ0) is 19.8. The molecule has 6 heteroatoms. The van der Waals surface area contributed by atoms with Crippen LogP contribution in [0.1, 0.15) is 53.7 Å². The van der Waals surface area contributed by atoms with Crippen LogP contribution in [0.4, 0.5) is 0 Å². The van der Waals surface area contributed by atoms with E-state index in [0.29, 0.717) is 35.5 Å². The van der Waals surface area contributed by atoms with Gasteiger partial charge in [0.25, 0.3) is 11.5 Å². The van der Waals surface area contributed by atoms with Crippen molar-refractivity contribution in [2.45, 2.75) is 46.5 Å². The Hall–Kier alpha value is -2.89. The molecule has 0 saturated heterocycles. The number of amides is 1. The number of hydrogen-bond donors (Lipinski definition) is 2. The van der Waals surface area contributed by atoms with Gasteiger partial charge in [-0.2, -0.15) is 0 Å². The minimum atomic E-state index is -0.294. The van der Waals surface area contributed by atoms with Gasteiger partial charge in [-0.3, -0.25) is 9.59 Å². The molecule has 0 aliphatic carbocycles. The molecular weight excluding hydrogens is 342 g/mol. The highest BCUT2D eigenvalue weighted by atomic mass is 16.5. The van der Waals surface area contributed by atoms with Crippen LogP contribution in [0.5, 0.6) is 0 Å². The van der Waals surface area contributed by atoms with Crippen molar-refractivity contribution >= 4 is 16.8 Å². The average molecular weight is 367 g/mol. The van der Waals surface area contributed by atoms with Crippen molar-refractivity contribution in [3.05, 3.63) is 62.8 Å².